The molecule has 7 atom stereocenters. The number of halogens is 3. The van der Waals surface area contributed by atoms with E-state index in [-0.39, 0.29) is 45.9 Å². The van der Waals surface area contributed by atoms with Gasteiger partial charge >= 0.3 is 6.09 Å². The highest BCUT2D eigenvalue weighted by molar-refractivity contribution is 7.89. The molecule has 3 aliphatic rings. The second kappa shape index (κ2) is 13.4. The van der Waals surface area contributed by atoms with Gasteiger partial charge in [-0.2, -0.15) is 4.31 Å². The molecule has 3 heterocycles. The molecule has 5 rings (SSSR count). The van der Waals surface area contributed by atoms with Crippen LogP contribution < -0.4 is 16.0 Å². The fourth-order valence-electron chi connectivity index (χ4n) is 6.81. The molecule has 0 spiro atoms. The molecule has 2 amide bonds. The predicted molar refractivity (Wildman–Crippen MR) is 156 cm³/mol. The minimum atomic E-state index is -3.32. The van der Waals surface area contributed by atoms with Gasteiger partial charge in [0.25, 0.3) is 0 Å². The first-order valence-corrected chi connectivity index (χ1v) is 16.6. The summed E-state index contributed by atoms with van der Waals surface area (Å²) in [5.74, 6) is -3.00. The molecule has 3 unspecified atom stereocenters. The zero-order chi connectivity index (χ0) is 30.7. The second-order valence-electron chi connectivity index (χ2n) is 11.7. The summed E-state index contributed by atoms with van der Waals surface area (Å²) in [7, 11) is -3.32. The number of hydrogen-bond acceptors (Lipinski definition) is 6. The zero-order valence-corrected chi connectivity index (χ0v) is 25.1. The highest BCUT2D eigenvalue weighted by Crippen LogP contribution is 2.34. The Balaban J connectivity index is 1.34. The number of amides is 2. The molecule has 0 radical (unpaired) electrons. The first kappa shape index (κ1) is 31.6. The average molecular weight is 640 g/mol. The Morgan fingerprint density at radius 1 is 1.12 bits per heavy atom. The van der Waals surface area contributed by atoms with E-state index in [0.717, 1.165) is 37.6 Å². The molecule has 1 aromatic carbocycles. The fourth-order valence-corrected chi connectivity index (χ4v) is 8.74. The van der Waals surface area contributed by atoms with Crippen LogP contribution in [0.2, 0.25) is 5.02 Å². The van der Waals surface area contributed by atoms with Crippen LogP contribution in [0.5, 0.6) is 0 Å². The largest absolute Gasteiger partial charge is 0.465 e. The van der Waals surface area contributed by atoms with Crippen molar-refractivity contribution in [1.82, 2.24) is 25.2 Å². The predicted octanol–water partition coefficient (Wildman–Crippen LogP) is 3.61. The minimum Gasteiger partial charge on any atom is -0.465 e. The number of carbonyl (C=O) groups is 2. The van der Waals surface area contributed by atoms with Gasteiger partial charge in [-0.3, -0.25) is 9.78 Å². The molecule has 1 aliphatic carbocycles. The van der Waals surface area contributed by atoms with E-state index in [4.69, 9.17) is 11.6 Å². The van der Waals surface area contributed by atoms with Crippen molar-refractivity contribution in [3.63, 3.8) is 0 Å². The summed E-state index contributed by atoms with van der Waals surface area (Å²) < 4.78 is 56.2. The van der Waals surface area contributed by atoms with Crippen LogP contribution in [-0.4, -0.2) is 77.8 Å². The lowest BCUT2D eigenvalue weighted by Gasteiger charge is -2.38. The van der Waals surface area contributed by atoms with Crippen molar-refractivity contribution >= 4 is 33.6 Å². The smallest absolute Gasteiger partial charge is 0.405 e. The van der Waals surface area contributed by atoms with Crippen LogP contribution in [0, 0.1) is 17.6 Å². The van der Waals surface area contributed by atoms with Crippen LogP contribution in [0.25, 0.3) is 0 Å². The molecule has 2 aromatic rings. The maximum atomic E-state index is 14.5. The van der Waals surface area contributed by atoms with Gasteiger partial charge in [0.15, 0.2) is 0 Å². The van der Waals surface area contributed by atoms with Gasteiger partial charge in [-0.1, -0.05) is 24.1 Å². The third kappa shape index (κ3) is 7.44. The molecule has 43 heavy (non-hydrogen) atoms. The quantitative estimate of drug-likeness (QED) is 0.329. The van der Waals surface area contributed by atoms with Gasteiger partial charge in [0.2, 0.25) is 15.9 Å². The molecular formula is C29H36ClF2N5O5S. The van der Waals surface area contributed by atoms with Gasteiger partial charge in [0.1, 0.15) is 17.7 Å². The Kier molecular flexibility index (Phi) is 9.84. The normalized spacial score (nSPS) is 27.9. The summed E-state index contributed by atoms with van der Waals surface area (Å²) >= 11 is 5.87. The number of nitrogens with one attached hydrogen (secondary N) is 3. The van der Waals surface area contributed by atoms with Gasteiger partial charge in [-0.25, -0.2) is 22.0 Å². The van der Waals surface area contributed by atoms with Crippen LogP contribution in [0.15, 0.2) is 36.7 Å². The van der Waals surface area contributed by atoms with Crippen molar-refractivity contribution in [3.05, 3.63) is 64.4 Å². The minimum absolute atomic E-state index is 0.0593. The molecular weight excluding hydrogens is 604 g/mol. The van der Waals surface area contributed by atoms with Gasteiger partial charge in [-0.15, -0.1) is 0 Å². The average Bonchev–Trinajstić information content (AvgIpc) is 3.35. The first-order chi connectivity index (χ1) is 20.5. The molecule has 2 bridgehead atoms. The Labute approximate surface area is 254 Å². The van der Waals surface area contributed by atoms with Crippen molar-refractivity contribution in [2.24, 2.45) is 5.92 Å². The number of rotatable bonds is 9. The van der Waals surface area contributed by atoms with Gasteiger partial charge in [0, 0.05) is 43.3 Å². The van der Waals surface area contributed by atoms with Gasteiger partial charge < -0.3 is 21.1 Å². The van der Waals surface area contributed by atoms with E-state index < -0.39 is 45.6 Å². The van der Waals surface area contributed by atoms with Crippen molar-refractivity contribution in [3.8, 4) is 0 Å². The number of nitrogens with zero attached hydrogens (tertiary/aromatic N) is 2. The second-order valence-corrected chi connectivity index (χ2v) is 14.1. The fraction of sp³-hybridized carbons (Fsp3) is 0.552. The highest BCUT2D eigenvalue weighted by atomic mass is 35.5. The maximum Gasteiger partial charge on any atom is 0.405 e. The standard InChI is InChI=1S/C29H36ClF2N5O5S/c30-23-9-7-18(12-24(23)32)26(19-11-20(31)14-33-13-19)27(36-29(39)40)28(38)35-25-5-1-3-17(25)6-8-22-15-34-21-4-2-10-43(41,42)37(22)16-21/h7,9,11-14,17,21-22,25-27,34,36H,1-6,8,10,15-16H2,(H,35,38)(H,39,40)/t17-,21-,22+,25+,26?,27?/m1/s1. The molecule has 2 aliphatic heterocycles. The lowest BCUT2D eigenvalue weighted by atomic mass is 9.84. The van der Waals surface area contributed by atoms with Crippen LogP contribution in [-0.2, 0) is 14.8 Å². The topological polar surface area (TPSA) is 141 Å². The number of carboxylic acid groups (broad SMARTS) is 1. The Bertz CT molecular complexity index is 1450. The molecule has 234 valence electrons. The first-order valence-electron chi connectivity index (χ1n) is 14.6. The van der Waals surface area contributed by atoms with E-state index in [1.54, 1.807) is 4.31 Å². The Morgan fingerprint density at radius 2 is 1.93 bits per heavy atom. The summed E-state index contributed by atoms with van der Waals surface area (Å²) in [4.78, 5) is 29.5. The number of fused-ring (bicyclic) bond motifs is 2. The molecule has 4 N–H and O–H groups in total. The van der Waals surface area contributed by atoms with Crippen LogP contribution in [0.3, 0.4) is 0 Å². The Hall–Kier alpha value is -2.87. The van der Waals surface area contributed by atoms with E-state index in [2.05, 4.69) is 20.9 Å². The summed E-state index contributed by atoms with van der Waals surface area (Å²) in [5, 5.41) is 18.3. The molecule has 14 heteroatoms. The lowest BCUT2D eigenvalue weighted by molar-refractivity contribution is -0.124. The summed E-state index contributed by atoms with van der Waals surface area (Å²) in [6.07, 6.45) is 5.95. The third-order valence-corrected chi connectivity index (χ3v) is 11.2. The summed E-state index contributed by atoms with van der Waals surface area (Å²) in [6.45, 7) is 1.06. The number of aromatic nitrogens is 1. The number of benzene rings is 1. The molecule has 1 aromatic heterocycles. The van der Waals surface area contributed by atoms with E-state index in [1.807, 2.05) is 0 Å². The molecule has 2 saturated heterocycles. The van der Waals surface area contributed by atoms with Gasteiger partial charge in [0.05, 0.1) is 17.0 Å². The van der Waals surface area contributed by atoms with E-state index in [1.165, 1.54) is 18.3 Å². The van der Waals surface area contributed by atoms with Gasteiger partial charge in [-0.05, 0) is 73.8 Å². The summed E-state index contributed by atoms with van der Waals surface area (Å²) in [5.41, 5.74) is 0.397. The monoisotopic (exact) mass is 639 g/mol. The lowest BCUT2D eigenvalue weighted by Crippen LogP contribution is -2.57. The van der Waals surface area contributed by atoms with E-state index in [0.29, 0.717) is 38.8 Å². The zero-order valence-electron chi connectivity index (χ0n) is 23.5. The number of sulfonamides is 1. The van der Waals surface area contributed by atoms with E-state index >= 15 is 0 Å². The maximum absolute atomic E-state index is 14.5. The highest BCUT2D eigenvalue weighted by Gasteiger charge is 2.40. The van der Waals surface area contributed by atoms with E-state index in [9.17, 15) is 31.9 Å². The van der Waals surface area contributed by atoms with Crippen molar-refractivity contribution in [2.45, 2.75) is 75.0 Å². The summed E-state index contributed by atoms with van der Waals surface area (Å²) in [6, 6.07) is 3.27. The van der Waals surface area contributed by atoms with Crippen molar-refractivity contribution in [1.29, 1.82) is 0 Å². The number of carbonyl (C=O) groups excluding carboxylic acids is 1. The number of piperazine rings is 1. The SMILES string of the molecule is O=C(O)NC(C(=O)N[C@H]1CCC[C@@H]1CC[C@H]1CN[C@@H]2CCCS(=O)(=O)N1C2)C(c1cncc(F)c1)c1ccc(Cl)c(F)c1. The molecule has 10 nitrogen and oxygen atoms in total. The molecule has 3 fully saturated rings. The number of hydrogen-bond donors (Lipinski definition) is 4. The van der Waals surface area contributed by atoms with Crippen LogP contribution in [0.4, 0.5) is 13.6 Å². The molecule has 1 saturated carbocycles. The Morgan fingerprint density at radius 3 is 2.67 bits per heavy atom. The van der Waals surface area contributed by atoms with Crippen LogP contribution >= 0.6 is 11.6 Å². The van der Waals surface area contributed by atoms with Crippen molar-refractivity contribution in [2.75, 3.05) is 18.8 Å². The number of pyridine rings is 1. The van der Waals surface area contributed by atoms with Crippen LogP contribution in [0.1, 0.15) is 62.0 Å². The third-order valence-electron chi connectivity index (χ3n) is 8.90. The van der Waals surface area contributed by atoms with Crippen molar-refractivity contribution < 1.29 is 31.9 Å².